The molecule has 3 nitrogen and oxygen atoms in total. The van der Waals surface area contributed by atoms with Gasteiger partial charge in [-0.3, -0.25) is 4.99 Å². The van der Waals surface area contributed by atoms with Crippen LogP contribution in [0.3, 0.4) is 0 Å². The molecule has 0 heterocycles. The third-order valence-electron chi connectivity index (χ3n) is 4.33. The average molecular weight is 365 g/mol. The van der Waals surface area contributed by atoms with Gasteiger partial charge in [0, 0.05) is 13.1 Å². The van der Waals surface area contributed by atoms with Crippen molar-refractivity contribution in [3.05, 3.63) is 0 Å². The van der Waals surface area contributed by atoms with Crippen molar-refractivity contribution in [2.75, 3.05) is 13.1 Å². The molecule has 18 heavy (non-hydrogen) atoms. The first-order valence-corrected chi connectivity index (χ1v) is 7.38. The summed E-state index contributed by atoms with van der Waals surface area (Å²) in [4.78, 5) is 4.41. The minimum atomic E-state index is 0. The van der Waals surface area contributed by atoms with E-state index in [0.29, 0.717) is 5.96 Å². The van der Waals surface area contributed by atoms with E-state index < -0.39 is 0 Å². The zero-order valence-electron chi connectivity index (χ0n) is 11.4. The minimum absolute atomic E-state index is 0. The van der Waals surface area contributed by atoms with Gasteiger partial charge in [0.2, 0.25) is 0 Å². The lowest BCUT2D eigenvalue weighted by atomic mass is 9.86. The zero-order valence-corrected chi connectivity index (χ0v) is 13.7. The Balaban J connectivity index is 0.00000162. The third-order valence-corrected chi connectivity index (χ3v) is 4.33. The highest BCUT2D eigenvalue weighted by Crippen LogP contribution is 2.26. The van der Waals surface area contributed by atoms with Crippen molar-refractivity contribution in [1.82, 2.24) is 5.32 Å². The first-order valence-electron chi connectivity index (χ1n) is 7.38. The molecule has 0 aromatic heterocycles. The smallest absolute Gasteiger partial charge is 0.188 e. The van der Waals surface area contributed by atoms with Gasteiger partial charge in [-0.15, -0.1) is 24.0 Å². The molecule has 0 bridgehead atoms. The van der Waals surface area contributed by atoms with Crippen LogP contribution in [0.15, 0.2) is 4.99 Å². The number of nitrogens with one attached hydrogen (secondary N) is 1. The number of hydrogen-bond donors (Lipinski definition) is 2. The summed E-state index contributed by atoms with van der Waals surface area (Å²) in [6.07, 6.45) is 12.5. The largest absolute Gasteiger partial charge is 0.370 e. The number of guanidine groups is 1. The summed E-state index contributed by atoms with van der Waals surface area (Å²) in [5.74, 6) is 2.40. The molecule has 2 aliphatic rings. The maximum atomic E-state index is 5.86. The van der Waals surface area contributed by atoms with Crippen LogP contribution in [0.4, 0.5) is 0 Å². The van der Waals surface area contributed by atoms with Gasteiger partial charge in [-0.1, -0.05) is 38.5 Å². The predicted molar refractivity (Wildman–Crippen MR) is 88.4 cm³/mol. The number of hydrogen-bond acceptors (Lipinski definition) is 1. The van der Waals surface area contributed by atoms with E-state index >= 15 is 0 Å². The fraction of sp³-hybridized carbons (Fsp3) is 0.929. The SMILES string of the molecule is I.NC(=NCC1CCC1)NCCC1CCCCC1. The van der Waals surface area contributed by atoms with Crippen molar-refractivity contribution in [1.29, 1.82) is 0 Å². The monoisotopic (exact) mass is 365 g/mol. The number of nitrogens with two attached hydrogens (primary N) is 1. The highest BCUT2D eigenvalue weighted by Gasteiger charge is 2.16. The van der Waals surface area contributed by atoms with Gasteiger partial charge in [-0.25, -0.2) is 0 Å². The van der Waals surface area contributed by atoms with Crippen LogP contribution >= 0.6 is 24.0 Å². The van der Waals surface area contributed by atoms with Crippen LogP contribution in [0.5, 0.6) is 0 Å². The van der Waals surface area contributed by atoms with Crippen LogP contribution in [0.2, 0.25) is 0 Å². The molecule has 106 valence electrons. The second-order valence-corrected chi connectivity index (χ2v) is 5.74. The Kier molecular flexibility index (Phi) is 8.02. The van der Waals surface area contributed by atoms with Crippen LogP contribution < -0.4 is 11.1 Å². The van der Waals surface area contributed by atoms with Crippen molar-refractivity contribution in [3.8, 4) is 0 Å². The molecule has 0 aliphatic heterocycles. The van der Waals surface area contributed by atoms with Crippen molar-refractivity contribution in [2.24, 2.45) is 22.6 Å². The lowest BCUT2D eigenvalue weighted by Crippen LogP contribution is -2.34. The molecule has 0 aromatic rings. The summed E-state index contributed by atoms with van der Waals surface area (Å²) in [7, 11) is 0. The highest BCUT2D eigenvalue weighted by molar-refractivity contribution is 14.0. The molecule has 2 fully saturated rings. The van der Waals surface area contributed by atoms with Crippen LogP contribution in [0, 0.1) is 11.8 Å². The fourth-order valence-electron chi connectivity index (χ4n) is 2.84. The molecule has 0 radical (unpaired) electrons. The molecule has 0 atom stereocenters. The minimum Gasteiger partial charge on any atom is -0.370 e. The molecular formula is C14H28IN3. The van der Waals surface area contributed by atoms with Crippen molar-refractivity contribution in [2.45, 2.75) is 57.8 Å². The summed E-state index contributed by atoms with van der Waals surface area (Å²) < 4.78 is 0. The lowest BCUT2D eigenvalue weighted by molar-refractivity contribution is 0.325. The number of halogens is 1. The molecule has 2 saturated carbocycles. The summed E-state index contributed by atoms with van der Waals surface area (Å²) in [5, 5.41) is 3.26. The van der Waals surface area contributed by atoms with Crippen LogP contribution in [0.25, 0.3) is 0 Å². The molecule has 0 unspecified atom stereocenters. The fourth-order valence-corrected chi connectivity index (χ4v) is 2.84. The zero-order chi connectivity index (χ0) is 11.9. The molecule has 2 aliphatic carbocycles. The summed E-state index contributed by atoms with van der Waals surface area (Å²) in [6.45, 7) is 1.94. The normalized spacial score (nSPS) is 22.1. The second kappa shape index (κ2) is 8.99. The number of rotatable bonds is 5. The van der Waals surface area contributed by atoms with Crippen molar-refractivity contribution >= 4 is 29.9 Å². The van der Waals surface area contributed by atoms with E-state index in [0.717, 1.165) is 24.9 Å². The molecule has 3 N–H and O–H groups in total. The van der Waals surface area contributed by atoms with E-state index in [1.165, 1.54) is 57.8 Å². The van der Waals surface area contributed by atoms with E-state index in [-0.39, 0.29) is 24.0 Å². The van der Waals surface area contributed by atoms with Gasteiger partial charge >= 0.3 is 0 Å². The Morgan fingerprint density at radius 3 is 2.28 bits per heavy atom. The average Bonchev–Trinajstić information content (AvgIpc) is 2.28. The number of nitrogens with zero attached hydrogens (tertiary/aromatic N) is 1. The molecule has 0 aromatic carbocycles. The predicted octanol–water partition coefficient (Wildman–Crippen LogP) is 3.28. The van der Waals surface area contributed by atoms with E-state index in [2.05, 4.69) is 10.3 Å². The van der Waals surface area contributed by atoms with Gasteiger partial charge in [-0.2, -0.15) is 0 Å². The molecule has 0 spiro atoms. The quantitative estimate of drug-likeness (QED) is 0.446. The second-order valence-electron chi connectivity index (χ2n) is 5.74. The van der Waals surface area contributed by atoms with Gasteiger partial charge in [0.05, 0.1) is 0 Å². The summed E-state index contributed by atoms with van der Waals surface area (Å²) >= 11 is 0. The Hall–Kier alpha value is 0. The molecule has 2 rings (SSSR count). The Morgan fingerprint density at radius 1 is 1.00 bits per heavy atom. The van der Waals surface area contributed by atoms with Gasteiger partial charge < -0.3 is 11.1 Å². The highest BCUT2D eigenvalue weighted by atomic mass is 127. The molecule has 0 saturated heterocycles. The standard InChI is InChI=1S/C14H27N3.HI/c15-14(17-11-13-7-4-8-13)16-10-9-12-5-2-1-3-6-12;/h12-13H,1-11H2,(H3,15,16,17);1H. The number of aliphatic imine (C=N–C) groups is 1. The summed E-state index contributed by atoms with van der Waals surface area (Å²) in [6, 6.07) is 0. The Bertz CT molecular complexity index is 245. The Labute approximate surface area is 128 Å². The maximum absolute atomic E-state index is 5.86. The van der Waals surface area contributed by atoms with Crippen LogP contribution in [-0.4, -0.2) is 19.0 Å². The van der Waals surface area contributed by atoms with Gasteiger partial charge in [0.1, 0.15) is 0 Å². The topological polar surface area (TPSA) is 50.4 Å². The van der Waals surface area contributed by atoms with Gasteiger partial charge in [-0.05, 0) is 31.1 Å². The third kappa shape index (κ3) is 5.76. The van der Waals surface area contributed by atoms with E-state index in [4.69, 9.17) is 5.73 Å². The van der Waals surface area contributed by atoms with Crippen LogP contribution in [0.1, 0.15) is 57.8 Å². The summed E-state index contributed by atoms with van der Waals surface area (Å²) in [5.41, 5.74) is 5.86. The van der Waals surface area contributed by atoms with Gasteiger partial charge in [0.15, 0.2) is 5.96 Å². The van der Waals surface area contributed by atoms with E-state index in [1.54, 1.807) is 0 Å². The molecule has 0 amide bonds. The maximum Gasteiger partial charge on any atom is 0.188 e. The first kappa shape index (κ1) is 16.1. The molecule has 4 heteroatoms. The van der Waals surface area contributed by atoms with Crippen molar-refractivity contribution in [3.63, 3.8) is 0 Å². The van der Waals surface area contributed by atoms with Gasteiger partial charge in [0.25, 0.3) is 0 Å². The first-order chi connectivity index (χ1) is 8.34. The molecular weight excluding hydrogens is 337 g/mol. The van der Waals surface area contributed by atoms with Crippen molar-refractivity contribution < 1.29 is 0 Å². The van der Waals surface area contributed by atoms with E-state index in [9.17, 15) is 0 Å². The van der Waals surface area contributed by atoms with E-state index in [1.807, 2.05) is 0 Å². The van der Waals surface area contributed by atoms with Crippen LogP contribution in [-0.2, 0) is 0 Å². The Morgan fingerprint density at radius 2 is 1.67 bits per heavy atom. The lowest BCUT2D eigenvalue weighted by Gasteiger charge is -2.23.